The first kappa shape index (κ1) is 17.3. The van der Waals surface area contributed by atoms with Gasteiger partial charge in [-0.3, -0.25) is 4.99 Å². The number of aliphatic imine (C=N–C) groups is 1. The first-order valence-corrected chi connectivity index (χ1v) is 6.73. The second kappa shape index (κ2) is 6.99. The van der Waals surface area contributed by atoms with Crippen LogP contribution in [0.4, 0.5) is 18.9 Å². The van der Waals surface area contributed by atoms with E-state index >= 15 is 0 Å². The lowest BCUT2D eigenvalue weighted by Gasteiger charge is -2.09. The summed E-state index contributed by atoms with van der Waals surface area (Å²) in [4.78, 5) is 14.9. The molecule has 4 nitrogen and oxygen atoms in total. The number of aliphatic hydroxyl groups is 1. The maximum absolute atomic E-state index is 12.9. The van der Waals surface area contributed by atoms with E-state index in [0.717, 1.165) is 12.1 Å². The van der Waals surface area contributed by atoms with Crippen LogP contribution >= 0.6 is 0 Å². The molecule has 2 N–H and O–H groups in total. The van der Waals surface area contributed by atoms with Crippen molar-refractivity contribution in [2.45, 2.75) is 6.18 Å². The van der Waals surface area contributed by atoms with Crippen LogP contribution in [0.15, 0.2) is 65.2 Å². The fourth-order valence-electron chi connectivity index (χ4n) is 1.93. The summed E-state index contributed by atoms with van der Waals surface area (Å²) >= 11 is 0. The Hall–Kier alpha value is -3.09. The summed E-state index contributed by atoms with van der Waals surface area (Å²) in [6.45, 7) is 0. The van der Waals surface area contributed by atoms with Crippen LogP contribution in [0.1, 0.15) is 11.1 Å². The monoisotopic (exact) mass is 335 g/mol. The second-order valence-corrected chi connectivity index (χ2v) is 4.71. The minimum atomic E-state index is -4.62. The number of hydrogen-bond acceptors (Lipinski definition) is 3. The van der Waals surface area contributed by atoms with E-state index in [1.54, 1.807) is 18.2 Å². The van der Waals surface area contributed by atoms with Crippen molar-refractivity contribution in [2.75, 3.05) is 0 Å². The van der Waals surface area contributed by atoms with Crippen LogP contribution in [0.2, 0.25) is 0 Å². The highest BCUT2D eigenvalue weighted by atomic mass is 19.4. The summed E-state index contributed by atoms with van der Waals surface area (Å²) in [5.41, 5.74) is -1.83. The lowest BCUT2D eigenvalue weighted by Crippen LogP contribution is -2.07. The molecular weight excluding hydrogens is 323 g/mol. The van der Waals surface area contributed by atoms with Crippen LogP contribution in [0.5, 0.6) is 0 Å². The van der Waals surface area contributed by atoms with Gasteiger partial charge in [0.1, 0.15) is 11.3 Å². The second-order valence-electron chi connectivity index (χ2n) is 4.71. The Kier molecular flexibility index (Phi) is 5.03. The van der Waals surface area contributed by atoms with Gasteiger partial charge in [-0.15, -0.1) is 0 Å². The number of nitrogens with zero attached hydrogens (tertiary/aromatic N) is 1. The predicted molar refractivity (Wildman–Crippen MR) is 83.2 cm³/mol. The van der Waals surface area contributed by atoms with Gasteiger partial charge in [0.05, 0.1) is 11.3 Å². The van der Waals surface area contributed by atoms with Crippen LogP contribution in [0, 0.1) is 0 Å². The Bertz CT molecular complexity index is 796. The largest absolute Gasteiger partial charge is 0.506 e. The number of para-hydroxylation sites is 1. The number of benzene rings is 2. The van der Waals surface area contributed by atoms with Gasteiger partial charge in [-0.05, 0) is 12.1 Å². The van der Waals surface area contributed by atoms with Crippen LogP contribution in [0.3, 0.4) is 0 Å². The van der Waals surface area contributed by atoms with Gasteiger partial charge < -0.3 is 10.2 Å². The summed E-state index contributed by atoms with van der Waals surface area (Å²) in [6, 6.07) is 12.3. The molecule has 0 aliphatic carbocycles. The third-order valence-corrected chi connectivity index (χ3v) is 3.07. The summed E-state index contributed by atoms with van der Waals surface area (Å²) in [5, 5.41) is 19.2. The summed E-state index contributed by atoms with van der Waals surface area (Å²) < 4.78 is 38.7. The molecule has 0 heterocycles. The average Bonchev–Trinajstić information content (AvgIpc) is 2.55. The zero-order valence-corrected chi connectivity index (χ0v) is 12.2. The SMILES string of the molecule is O=C(O)C(C=Nc1ccccc1C(F)(F)F)=C(O)c1ccccc1. The smallest absolute Gasteiger partial charge is 0.418 e. The van der Waals surface area contributed by atoms with Crippen molar-refractivity contribution in [2.24, 2.45) is 4.99 Å². The number of rotatable bonds is 4. The number of alkyl halides is 3. The van der Waals surface area contributed by atoms with Crippen molar-refractivity contribution >= 4 is 23.6 Å². The molecule has 7 heteroatoms. The normalized spacial score (nSPS) is 13.0. The number of halogens is 3. The van der Waals surface area contributed by atoms with Gasteiger partial charge in [0.15, 0.2) is 0 Å². The lowest BCUT2D eigenvalue weighted by molar-refractivity contribution is -0.137. The average molecular weight is 335 g/mol. The van der Waals surface area contributed by atoms with Crippen molar-refractivity contribution in [3.63, 3.8) is 0 Å². The Morgan fingerprint density at radius 1 is 0.958 bits per heavy atom. The van der Waals surface area contributed by atoms with E-state index in [2.05, 4.69) is 4.99 Å². The molecule has 0 atom stereocenters. The van der Waals surface area contributed by atoms with Gasteiger partial charge in [-0.1, -0.05) is 42.5 Å². The first-order chi connectivity index (χ1) is 11.3. The third kappa shape index (κ3) is 4.01. The van der Waals surface area contributed by atoms with Crippen molar-refractivity contribution in [3.05, 3.63) is 71.3 Å². The number of carbonyl (C=O) groups is 1. The van der Waals surface area contributed by atoms with Crippen molar-refractivity contribution < 1.29 is 28.2 Å². The van der Waals surface area contributed by atoms with Crippen molar-refractivity contribution in [1.29, 1.82) is 0 Å². The molecule has 2 aromatic carbocycles. The van der Waals surface area contributed by atoms with Crippen LogP contribution < -0.4 is 0 Å². The molecule has 0 radical (unpaired) electrons. The standard InChI is InChI=1S/C17H12F3NO3/c18-17(19,20)13-8-4-5-9-14(13)21-10-12(16(23)24)15(22)11-6-2-1-3-7-11/h1-10,22H,(H,23,24). The minimum absolute atomic E-state index is 0.213. The molecule has 0 aromatic heterocycles. The molecular formula is C17H12F3NO3. The fourth-order valence-corrected chi connectivity index (χ4v) is 1.93. The zero-order valence-electron chi connectivity index (χ0n) is 12.2. The number of aliphatic hydroxyl groups excluding tert-OH is 1. The highest BCUT2D eigenvalue weighted by Crippen LogP contribution is 2.36. The Labute approximate surface area is 135 Å². The van der Waals surface area contributed by atoms with E-state index in [0.29, 0.717) is 6.21 Å². The zero-order chi connectivity index (χ0) is 17.7. The molecule has 0 fully saturated rings. The number of carboxylic acids is 1. The molecule has 2 rings (SSSR count). The van der Waals surface area contributed by atoms with E-state index in [4.69, 9.17) is 0 Å². The van der Waals surface area contributed by atoms with Gasteiger partial charge in [-0.2, -0.15) is 13.2 Å². The molecule has 0 bridgehead atoms. The van der Waals surface area contributed by atoms with E-state index in [1.165, 1.54) is 24.3 Å². The van der Waals surface area contributed by atoms with Gasteiger partial charge >= 0.3 is 12.1 Å². The van der Waals surface area contributed by atoms with Gasteiger partial charge in [-0.25, -0.2) is 4.79 Å². The molecule has 0 amide bonds. The van der Waals surface area contributed by atoms with Crippen molar-refractivity contribution in [3.8, 4) is 0 Å². The Morgan fingerprint density at radius 3 is 2.12 bits per heavy atom. The predicted octanol–water partition coefficient (Wildman–Crippen LogP) is 4.46. The maximum atomic E-state index is 12.9. The van der Waals surface area contributed by atoms with Gasteiger partial charge in [0, 0.05) is 11.8 Å². The highest BCUT2D eigenvalue weighted by molar-refractivity contribution is 6.14. The van der Waals surface area contributed by atoms with Crippen molar-refractivity contribution in [1.82, 2.24) is 0 Å². The van der Waals surface area contributed by atoms with Gasteiger partial charge in [0.2, 0.25) is 0 Å². The molecule has 0 aliphatic heterocycles. The summed E-state index contributed by atoms with van der Waals surface area (Å²) in [5.74, 6) is -2.10. The van der Waals surface area contributed by atoms with E-state index in [-0.39, 0.29) is 5.56 Å². The third-order valence-electron chi connectivity index (χ3n) is 3.07. The molecule has 0 aliphatic rings. The number of carboxylic acid groups (broad SMARTS) is 1. The highest BCUT2D eigenvalue weighted by Gasteiger charge is 2.33. The Balaban J connectivity index is 2.47. The molecule has 24 heavy (non-hydrogen) atoms. The molecule has 0 spiro atoms. The lowest BCUT2D eigenvalue weighted by atomic mass is 10.1. The van der Waals surface area contributed by atoms with Crippen LogP contribution in [0.25, 0.3) is 5.76 Å². The van der Waals surface area contributed by atoms with Crippen LogP contribution in [-0.4, -0.2) is 22.4 Å². The fraction of sp³-hybridized carbons (Fsp3) is 0.0588. The van der Waals surface area contributed by atoms with Crippen LogP contribution in [-0.2, 0) is 11.0 Å². The Morgan fingerprint density at radius 2 is 1.54 bits per heavy atom. The topological polar surface area (TPSA) is 69.9 Å². The molecule has 0 saturated carbocycles. The quantitative estimate of drug-likeness (QED) is 0.492. The van der Waals surface area contributed by atoms with Gasteiger partial charge in [0.25, 0.3) is 0 Å². The molecule has 2 aromatic rings. The molecule has 124 valence electrons. The maximum Gasteiger partial charge on any atom is 0.418 e. The molecule has 0 unspecified atom stereocenters. The van der Waals surface area contributed by atoms with E-state index < -0.39 is 34.7 Å². The number of aliphatic carboxylic acids is 1. The summed E-state index contributed by atoms with van der Waals surface area (Å²) in [6.07, 6.45) is -3.92. The molecule has 0 saturated heterocycles. The summed E-state index contributed by atoms with van der Waals surface area (Å²) in [7, 11) is 0. The van der Waals surface area contributed by atoms with E-state index in [1.807, 2.05) is 0 Å². The minimum Gasteiger partial charge on any atom is -0.506 e. The number of hydrogen-bond donors (Lipinski definition) is 2. The van der Waals surface area contributed by atoms with E-state index in [9.17, 15) is 28.2 Å². The first-order valence-electron chi connectivity index (χ1n) is 6.73.